The van der Waals surface area contributed by atoms with E-state index in [0.717, 1.165) is 23.4 Å². The van der Waals surface area contributed by atoms with E-state index in [4.69, 9.17) is 27.9 Å². The van der Waals surface area contributed by atoms with Crippen molar-refractivity contribution in [3.63, 3.8) is 0 Å². The average molecular weight is 655 g/mol. The second-order valence-electron chi connectivity index (χ2n) is 8.71. The number of hydrogen-bond donors (Lipinski definition) is 1. The van der Waals surface area contributed by atoms with E-state index in [2.05, 4.69) is 10.3 Å². The molecule has 4 rings (SSSR count). The zero-order valence-electron chi connectivity index (χ0n) is 21.3. The number of nitrogens with zero attached hydrogens (tertiary/aromatic N) is 2. The standard InChI is InChI=1S/C29H24Cl2F3N3O2.BrH/c1-2-25-27(31)28(36-18-37(25)17-26(38)20-5-9-22(30)10-6-20)35-16-15-19-3-11-23(12-4-19)39-24-13-7-21(8-14-24)29(32,33)34;/h3-14,18H,2,15-17H2,1H3;1H. The van der Waals surface area contributed by atoms with Crippen LogP contribution in [0.15, 0.2) is 79.1 Å². The molecule has 0 aliphatic carbocycles. The van der Waals surface area contributed by atoms with Crippen molar-refractivity contribution in [2.75, 3.05) is 11.9 Å². The van der Waals surface area contributed by atoms with Gasteiger partial charge in [-0.1, -0.05) is 42.3 Å². The van der Waals surface area contributed by atoms with Crippen molar-refractivity contribution in [2.24, 2.45) is 0 Å². The van der Waals surface area contributed by atoms with Gasteiger partial charge in [0, 0.05) is 23.6 Å². The summed E-state index contributed by atoms with van der Waals surface area (Å²) in [5, 5.41) is 4.28. The van der Waals surface area contributed by atoms with E-state index >= 15 is 0 Å². The number of aromatic nitrogens is 2. The largest absolute Gasteiger partial charge is 1.00 e. The Morgan fingerprint density at radius 1 is 0.950 bits per heavy atom. The Hall–Kier alpha value is -3.14. The van der Waals surface area contributed by atoms with Gasteiger partial charge in [0.2, 0.25) is 5.78 Å². The highest BCUT2D eigenvalue weighted by molar-refractivity contribution is 6.33. The van der Waals surface area contributed by atoms with Gasteiger partial charge in [-0.3, -0.25) is 4.79 Å². The molecule has 1 heterocycles. The number of benzene rings is 3. The summed E-state index contributed by atoms with van der Waals surface area (Å²) in [7, 11) is 0. The summed E-state index contributed by atoms with van der Waals surface area (Å²) >= 11 is 12.5. The molecule has 3 aromatic carbocycles. The lowest BCUT2D eigenvalue weighted by molar-refractivity contribution is -0.693. The molecule has 0 fully saturated rings. The van der Waals surface area contributed by atoms with Crippen LogP contribution in [0.2, 0.25) is 10.0 Å². The Kier molecular flexibility index (Phi) is 11.0. The Balaban J connectivity index is 0.00000441. The highest BCUT2D eigenvalue weighted by Gasteiger charge is 2.30. The maximum atomic E-state index is 12.7. The predicted molar refractivity (Wildman–Crippen MR) is 145 cm³/mol. The fraction of sp³-hybridized carbons (Fsp3) is 0.207. The molecule has 0 radical (unpaired) electrons. The molecule has 0 spiro atoms. The van der Waals surface area contributed by atoms with Gasteiger partial charge in [-0.15, -0.1) is 0 Å². The zero-order chi connectivity index (χ0) is 28.0. The van der Waals surface area contributed by atoms with Crippen LogP contribution < -0.4 is 31.6 Å². The van der Waals surface area contributed by atoms with Crippen LogP contribution in [0.25, 0.3) is 0 Å². The second-order valence-corrected chi connectivity index (χ2v) is 9.52. The first kappa shape index (κ1) is 31.4. The van der Waals surface area contributed by atoms with Crippen molar-refractivity contribution in [3.05, 3.63) is 112 Å². The predicted octanol–water partition coefficient (Wildman–Crippen LogP) is 4.59. The molecule has 0 aliphatic heterocycles. The molecule has 0 unspecified atom stereocenters. The van der Waals surface area contributed by atoms with Crippen LogP contribution in [0, 0.1) is 0 Å². The molecule has 0 atom stereocenters. The maximum absolute atomic E-state index is 12.7. The second kappa shape index (κ2) is 14.0. The fourth-order valence-electron chi connectivity index (χ4n) is 3.91. The number of hydrogen-bond acceptors (Lipinski definition) is 4. The van der Waals surface area contributed by atoms with E-state index in [0.29, 0.717) is 52.3 Å². The molecule has 0 aliphatic rings. The quantitative estimate of drug-likeness (QED) is 0.201. The SMILES string of the molecule is CCc1c(Cl)c(NCCc2ccc(Oc3ccc(C(F)(F)F)cc3)cc2)nc[n+]1CC(=O)c1ccc(Cl)cc1.[Br-]. The van der Waals surface area contributed by atoms with Crippen LogP contribution in [-0.4, -0.2) is 17.3 Å². The summed E-state index contributed by atoms with van der Waals surface area (Å²) < 4.78 is 45.6. The minimum absolute atomic E-state index is 0. The molecule has 1 N–H and O–H groups in total. The average Bonchev–Trinajstić information content (AvgIpc) is 2.91. The molecule has 5 nitrogen and oxygen atoms in total. The molecule has 11 heteroatoms. The van der Waals surface area contributed by atoms with Gasteiger partial charge < -0.3 is 27.0 Å². The van der Waals surface area contributed by atoms with Crippen LogP contribution >= 0.6 is 23.2 Å². The van der Waals surface area contributed by atoms with Gasteiger partial charge in [-0.25, -0.2) is 4.57 Å². The van der Waals surface area contributed by atoms with Crippen molar-refractivity contribution in [1.29, 1.82) is 0 Å². The summed E-state index contributed by atoms with van der Waals surface area (Å²) in [6, 6.07) is 18.6. The Morgan fingerprint density at radius 3 is 2.12 bits per heavy atom. The van der Waals surface area contributed by atoms with E-state index in [-0.39, 0.29) is 29.3 Å². The van der Waals surface area contributed by atoms with Crippen molar-refractivity contribution in [3.8, 4) is 11.5 Å². The van der Waals surface area contributed by atoms with Gasteiger partial charge >= 0.3 is 6.18 Å². The van der Waals surface area contributed by atoms with Crippen molar-refractivity contribution < 1.29 is 44.3 Å². The van der Waals surface area contributed by atoms with Crippen molar-refractivity contribution in [1.82, 2.24) is 4.98 Å². The maximum Gasteiger partial charge on any atom is 0.416 e. The number of rotatable bonds is 10. The van der Waals surface area contributed by atoms with Gasteiger partial charge in [0.05, 0.1) is 5.56 Å². The highest BCUT2D eigenvalue weighted by Crippen LogP contribution is 2.31. The van der Waals surface area contributed by atoms with Gasteiger partial charge in [0.15, 0.2) is 11.6 Å². The fourth-order valence-corrected chi connectivity index (χ4v) is 4.40. The lowest BCUT2D eigenvalue weighted by atomic mass is 10.1. The van der Waals surface area contributed by atoms with Crippen LogP contribution in [-0.2, 0) is 25.6 Å². The first-order valence-corrected chi connectivity index (χ1v) is 12.9. The number of alkyl halides is 3. The number of nitrogens with one attached hydrogen (secondary N) is 1. The molecule has 210 valence electrons. The van der Waals surface area contributed by atoms with Crippen LogP contribution in [0.3, 0.4) is 0 Å². The lowest BCUT2D eigenvalue weighted by Gasteiger charge is -2.10. The third-order valence-corrected chi connectivity index (χ3v) is 6.65. The Bertz CT molecular complexity index is 1430. The van der Waals surface area contributed by atoms with E-state index in [1.165, 1.54) is 12.1 Å². The van der Waals surface area contributed by atoms with Gasteiger partial charge in [0.25, 0.3) is 12.1 Å². The van der Waals surface area contributed by atoms with Gasteiger partial charge in [-0.2, -0.15) is 13.2 Å². The molecule has 40 heavy (non-hydrogen) atoms. The molecule has 4 aromatic rings. The summed E-state index contributed by atoms with van der Waals surface area (Å²) in [4.78, 5) is 17.1. The van der Waals surface area contributed by atoms with E-state index in [9.17, 15) is 18.0 Å². The monoisotopic (exact) mass is 653 g/mol. The molecular formula is C29H25BrCl2F3N3O2. The molecule has 0 amide bonds. The molecule has 0 bridgehead atoms. The van der Waals surface area contributed by atoms with Crippen LogP contribution in [0.5, 0.6) is 11.5 Å². The minimum atomic E-state index is -4.38. The number of ether oxygens (including phenoxy) is 1. The summed E-state index contributed by atoms with van der Waals surface area (Å²) in [6.07, 6.45) is -1.49. The van der Waals surface area contributed by atoms with Crippen LogP contribution in [0.1, 0.15) is 34.1 Å². The Labute approximate surface area is 250 Å². The van der Waals surface area contributed by atoms with E-state index < -0.39 is 11.7 Å². The third kappa shape index (κ3) is 8.19. The number of carbonyl (C=O) groups excluding carboxylic acids is 1. The third-order valence-electron chi connectivity index (χ3n) is 6.00. The van der Waals surface area contributed by atoms with Gasteiger partial charge in [-0.05, 0) is 77.6 Å². The van der Waals surface area contributed by atoms with Crippen molar-refractivity contribution >= 4 is 34.8 Å². The van der Waals surface area contributed by atoms with E-state index in [1.807, 2.05) is 19.1 Å². The topological polar surface area (TPSA) is 55.1 Å². The number of ketones is 1. The normalized spacial score (nSPS) is 11.1. The number of halogens is 6. The first-order chi connectivity index (χ1) is 18.6. The summed E-state index contributed by atoms with van der Waals surface area (Å²) in [5.74, 6) is 1.30. The minimum Gasteiger partial charge on any atom is -1.00 e. The number of anilines is 1. The van der Waals surface area contributed by atoms with Crippen molar-refractivity contribution in [2.45, 2.75) is 32.5 Å². The highest BCUT2D eigenvalue weighted by atomic mass is 79.9. The molecule has 0 saturated carbocycles. The summed E-state index contributed by atoms with van der Waals surface area (Å²) in [6.45, 7) is 2.63. The first-order valence-electron chi connectivity index (χ1n) is 12.2. The smallest absolute Gasteiger partial charge is 0.416 e. The zero-order valence-corrected chi connectivity index (χ0v) is 24.4. The molecular weight excluding hydrogens is 630 g/mol. The summed E-state index contributed by atoms with van der Waals surface area (Å²) in [5.41, 5.74) is 1.65. The number of Topliss-reactive ketones (excluding diaryl/α,β-unsaturated/α-hetero) is 1. The number of carbonyl (C=O) groups is 1. The molecule has 1 aromatic heterocycles. The molecule has 0 saturated heterocycles. The lowest BCUT2D eigenvalue weighted by Crippen LogP contribution is -3.00. The van der Waals surface area contributed by atoms with Crippen LogP contribution in [0.4, 0.5) is 19.0 Å². The van der Waals surface area contributed by atoms with Gasteiger partial charge in [0.1, 0.15) is 17.2 Å². The Morgan fingerprint density at radius 2 is 1.55 bits per heavy atom. The van der Waals surface area contributed by atoms with E-state index in [1.54, 1.807) is 47.3 Å².